The predicted molar refractivity (Wildman–Crippen MR) is 102 cm³/mol. The molecule has 2 amide bonds. The van der Waals surface area contributed by atoms with Crippen molar-refractivity contribution in [3.05, 3.63) is 42.5 Å². The average Bonchev–Trinajstić information content (AvgIpc) is 3.05. The zero-order valence-corrected chi connectivity index (χ0v) is 15.0. The van der Waals surface area contributed by atoms with Crippen LogP contribution in [0.3, 0.4) is 0 Å². The van der Waals surface area contributed by atoms with Crippen LogP contribution in [0.4, 0.5) is 5.69 Å². The summed E-state index contributed by atoms with van der Waals surface area (Å²) in [6.07, 6.45) is 0.256. The number of hydrogen-bond donors (Lipinski definition) is 2. The highest BCUT2D eigenvalue weighted by atomic mass is 16.5. The van der Waals surface area contributed by atoms with Gasteiger partial charge in [0.05, 0.1) is 18.2 Å². The van der Waals surface area contributed by atoms with Crippen LogP contribution in [-0.2, 0) is 14.3 Å². The Balaban J connectivity index is 1.59. The third-order valence-electron chi connectivity index (χ3n) is 4.64. The number of nitrogens with zero attached hydrogens (tertiary/aromatic N) is 1. The Morgan fingerprint density at radius 1 is 1.15 bits per heavy atom. The number of amides is 2. The summed E-state index contributed by atoms with van der Waals surface area (Å²) in [5.74, 6) is -0.366. The van der Waals surface area contributed by atoms with E-state index in [1.165, 1.54) is 0 Å². The van der Waals surface area contributed by atoms with Gasteiger partial charge in [-0.25, -0.2) is 0 Å². The molecule has 0 spiro atoms. The molecule has 1 aliphatic heterocycles. The second-order valence-electron chi connectivity index (χ2n) is 6.44. The molecule has 0 aliphatic carbocycles. The molecule has 1 atom stereocenters. The second kappa shape index (κ2) is 8.78. The zero-order valence-electron chi connectivity index (χ0n) is 15.0. The monoisotopic (exact) mass is 355 g/mol. The van der Waals surface area contributed by atoms with Crippen LogP contribution in [0.5, 0.6) is 0 Å². The first-order valence-electron chi connectivity index (χ1n) is 8.96. The molecule has 1 fully saturated rings. The Labute approximate surface area is 153 Å². The van der Waals surface area contributed by atoms with Crippen LogP contribution < -0.4 is 15.5 Å². The van der Waals surface area contributed by atoms with E-state index in [1.807, 2.05) is 42.5 Å². The largest absolute Gasteiger partial charge is 0.383 e. The number of carbonyl (C=O) groups excluding carboxylic acids is 2. The molecule has 0 bridgehead atoms. The van der Waals surface area contributed by atoms with Crippen LogP contribution in [0, 0.1) is 5.92 Å². The molecule has 0 radical (unpaired) electrons. The smallest absolute Gasteiger partial charge is 0.227 e. The molecule has 1 saturated heterocycles. The molecular weight excluding hydrogens is 330 g/mol. The number of hydrogen-bond acceptors (Lipinski definition) is 4. The number of fused-ring (bicyclic) bond motifs is 1. The molecule has 2 aromatic carbocycles. The van der Waals surface area contributed by atoms with Crippen molar-refractivity contribution >= 4 is 28.3 Å². The van der Waals surface area contributed by atoms with E-state index in [1.54, 1.807) is 12.0 Å². The number of benzene rings is 2. The van der Waals surface area contributed by atoms with Crippen molar-refractivity contribution in [3.8, 4) is 0 Å². The van der Waals surface area contributed by atoms with Gasteiger partial charge in [0, 0.05) is 45.1 Å². The Morgan fingerprint density at radius 2 is 1.96 bits per heavy atom. The minimum atomic E-state index is -0.305. The third-order valence-corrected chi connectivity index (χ3v) is 4.64. The van der Waals surface area contributed by atoms with Gasteiger partial charge in [0.25, 0.3) is 0 Å². The van der Waals surface area contributed by atoms with Crippen molar-refractivity contribution < 1.29 is 14.3 Å². The van der Waals surface area contributed by atoms with Gasteiger partial charge in [-0.15, -0.1) is 0 Å². The summed E-state index contributed by atoms with van der Waals surface area (Å²) in [5, 5.41) is 8.21. The average molecular weight is 355 g/mol. The fourth-order valence-electron chi connectivity index (χ4n) is 3.28. The summed E-state index contributed by atoms with van der Waals surface area (Å²) in [5.41, 5.74) is 0.879. The molecule has 6 heteroatoms. The van der Waals surface area contributed by atoms with Crippen LogP contribution in [0.2, 0.25) is 0 Å². The maximum atomic E-state index is 12.5. The van der Waals surface area contributed by atoms with Crippen LogP contribution in [0.25, 0.3) is 10.8 Å². The normalized spacial score (nSPS) is 17.0. The maximum absolute atomic E-state index is 12.5. The van der Waals surface area contributed by atoms with E-state index >= 15 is 0 Å². The lowest BCUT2D eigenvalue weighted by molar-refractivity contribution is -0.126. The number of rotatable bonds is 8. The van der Waals surface area contributed by atoms with Crippen molar-refractivity contribution in [3.63, 3.8) is 0 Å². The highest BCUT2D eigenvalue weighted by Gasteiger charge is 2.35. The summed E-state index contributed by atoms with van der Waals surface area (Å²) in [6, 6.07) is 13.9. The van der Waals surface area contributed by atoms with Crippen molar-refractivity contribution in [2.24, 2.45) is 5.92 Å². The molecule has 0 aromatic heterocycles. The molecule has 2 aromatic rings. The van der Waals surface area contributed by atoms with Gasteiger partial charge in [-0.1, -0.05) is 36.4 Å². The van der Waals surface area contributed by atoms with Gasteiger partial charge in [0.15, 0.2) is 0 Å². The van der Waals surface area contributed by atoms with E-state index in [9.17, 15) is 9.59 Å². The van der Waals surface area contributed by atoms with E-state index in [2.05, 4.69) is 10.6 Å². The number of nitrogens with one attached hydrogen (secondary N) is 2. The van der Waals surface area contributed by atoms with Gasteiger partial charge in [-0.3, -0.25) is 9.59 Å². The molecule has 6 nitrogen and oxygen atoms in total. The van der Waals surface area contributed by atoms with Crippen LogP contribution in [-0.4, -0.2) is 51.7 Å². The number of ether oxygens (including phenoxy) is 1. The van der Waals surface area contributed by atoms with Gasteiger partial charge in [0.2, 0.25) is 11.8 Å². The topological polar surface area (TPSA) is 70.7 Å². The summed E-state index contributed by atoms with van der Waals surface area (Å²) in [6.45, 7) is 3.05. The lowest BCUT2D eigenvalue weighted by Gasteiger charge is -2.19. The fourth-order valence-corrected chi connectivity index (χ4v) is 3.28. The SMILES string of the molecule is COCCNCCNC(=O)C1CC(=O)N(c2cccc3ccccc23)C1. The standard InChI is InChI=1S/C20H25N3O3/c1-26-12-11-21-9-10-22-20(25)16-13-19(24)23(14-16)18-8-4-6-15-5-2-3-7-17(15)18/h2-8,16,21H,9-14H2,1H3,(H,22,25). The van der Waals surface area contributed by atoms with Gasteiger partial charge in [-0.2, -0.15) is 0 Å². The summed E-state index contributed by atoms with van der Waals surface area (Å²) in [7, 11) is 1.66. The minimum Gasteiger partial charge on any atom is -0.383 e. The minimum absolute atomic E-state index is 0.000257. The van der Waals surface area contributed by atoms with Crippen LogP contribution in [0.1, 0.15) is 6.42 Å². The van der Waals surface area contributed by atoms with E-state index in [4.69, 9.17) is 4.74 Å². The molecule has 138 valence electrons. The lowest BCUT2D eigenvalue weighted by Crippen LogP contribution is -2.37. The zero-order chi connectivity index (χ0) is 18.4. The molecule has 1 aliphatic rings. The van der Waals surface area contributed by atoms with Crippen LogP contribution >= 0.6 is 0 Å². The van der Waals surface area contributed by atoms with Crippen molar-refractivity contribution in [2.75, 3.05) is 44.8 Å². The number of carbonyl (C=O) groups is 2. The van der Waals surface area contributed by atoms with E-state index < -0.39 is 0 Å². The van der Waals surface area contributed by atoms with Gasteiger partial charge < -0.3 is 20.3 Å². The van der Waals surface area contributed by atoms with E-state index in [0.717, 1.165) is 23.0 Å². The van der Waals surface area contributed by atoms with E-state index in [-0.39, 0.29) is 24.2 Å². The van der Waals surface area contributed by atoms with Crippen LogP contribution in [0.15, 0.2) is 42.5 Å². The summed E-state index contributed by atoms with van der Waals surface area (Å²) < 4.78 is 4.95. The van der Waals surface area contributed by atoms with Crippen molar-refractivity contribution in [2.45, 2.75) is 6.42 Å². The van der Waals surface area contributed by atoms with Gasteiger partial charge in [-0.05, 0) is 11.5 Å². The first-order valence-corrected chi connectivity index (χ1v) is 8.96. The maximum Gasteiger partial charge on any atom is 0.227 e. The first kappa shape index (κ1) is 18.4. The Bertz CT molecular complexity index is 772. The Hall–Kier alpha value is -2.44. The second-order valence-corrected chi connectivity index (χ2v) is 6.44. The summed E-state index contributed by atoms with van der Waals surface area (Å²) in [4.78, 5) is 26.6. The predicted octanol–water partition coefficient (Wildman–Crippen LogP) is 1.54. The van der Waals surface area contributed by atoms with Gasteiger partial charge >= 0.3 is 0 Å². The molecule has 0 saturated carbocycles. The molecule has 1 unspecified atom stereocenters. The Morgan fingerprint density at radius 3 is 2.81 bits per heavy atom. The molecule has 3 rings (SSSR count). The fraction of sp³-hybridized carbons (Fsp3) is 0.400. The van der Waals surface area contributed by atoms with Gasteiger partial charge in [0.1, 0.15) is 0 Å². The first-order chi connectivity index (χ1) is 12.7. The number of methoxy groups -OCH3 is 1. The van der Waals surface area contributed by atoms with E-state index in [0.29, 0.717) is 26.2 Å². The molecule has 1 heterocycles. The molecular formula is C20H25N3O3. The van der Waals surface area contributed by atoms with Crippen molar-refractivity contribution in [1.29, 1.82) is 0 Å². The molecule has 26 heavy (non-hydrogen) atoms. The quantitative estimate of drug-likeness (QED) is 0.705. The highest BCUT2D eigenvalue weighted by molar-refractivity contribution is 6.06. The highest BCUT2D eigenvalue weighted by Crippen LogP contribution is 2.31. The molecule has 2 N–H and O–H groups in total. The lowest BCUT2D eigenvalue weighted by atomic mass is 10.1. The number of anilines is 1. The van der Waals surface area contributed by atoms with Crippen molar-refractivity contribution in [1.82, 2.24) is 10.6 Å². The Kier molecular flexibility index (Phi) is 6.20. The summed E-state index contributed by atoms with van der Waals surface area (Å²) >= 11 is 0. The third kappa shape index (κ3) is 4.20.